The average molecular weight is 280 g/mol. The van der Waals surface area contributed by atoms with Gasteiger partial charge < -0.3 is 10.1 Å². The Bertz CT molecular complexity index is 311. The molecule has 1 saturated heterocycles. The highest BCUT2D eigenvalue weighted by molar-refractivity contribution is 5.67. The van der Waals surface area contributed by atoms with Gasteiger partial charge in [0, 0.05) is 25.6 Å². The van der Waals surface area contributed by atoms with Crippen molar-refractivity contribution in [3.05, 3.63) is 0 Å². The SMILES string of the molecule is O=C(NCC1CN(CC(F)(F)F)C1)OC1CCCC1. The van der Waals surface area contributed by atoms with Crippen molar-refractivity contribution in [3.8, 4) is 0 Å². The number of rotatable bonds is 4. The van der Waals surface area contributed by atoms with E-state index in [0.717, 1.165) is 25.7 Å². The van der Waals surface area contributed by atoms with Gasteiger partial charge in [0.1, 0.15) is 6.10 Å². The summed E-state index contributed by atoms with van der Waals surface area (Å²) in [5.74, 6) is 0.0958. The summed E-state index contributed by atoms with van der Waals surface area (Å²) in [6.45, 7) is 0.280. The van der Waals surface area contributed by atoms with Crippen molar-refractivity contribution in [1.82, 2.24) is 10.2 Å². The lowest BCUT2D eigenvalue weighted by Crippen LogP contribution is -2.54. The van der Waals surface area contributed by atoms with E-state index in [9.17, 15) is 18.0 Å². The molecule has 0 unspecified atom stereocenters. The number of carbonyl (C=O) groups excluding carboxylic acids is 1. The van der Waals surface area contributed by atoms with E-state index in [4.69, 9.17) is 4.74 Å². The number of likely N-dealkylation sites (tertiary alicyclic amines) is 1. The van der Waals surface area contributed by atoms with Gasteiger partial charge in [0.05, 0.1) is 6.54 Å². The quantitative estimate of drug-likeness (QED) is 0.858. The molecular weight excluding hydrogens is 261 g/mol. The summed E-state index contributed by atoms with van der Waals surface area (Å²) >= 11 is 0. The Morgan fingerprint density at radius 3 is 2.47 bits per heavy atom. The molecule has 0 aromatic heterocycles. The molecule has 1 aliphatic carbocycles. The largest absolute Gasteiger partial charge is 0.446 e. The number of nitrogens with one attached hydrogen (secondary N) is 1. The Hall–Kier alpha value is -0.980. The van der Waals surface area contributed by atoms with E-state index in [1.165, 1.54) is 4.90 Å². The minimum absolute atomic E-state index is 0.0168. The van der Waals surface area contributed by atoms with Gasteiger partial charge in [-0.1, -0.05) is 0 Å². The van der Waals surface area contributed by atoms with Gasteiger partial charge in [0.2, 0.25) is 0 Å². The normalized spacial score (nSPS) is 22.3. The minimum Gasteiger partial charge on any atom is -0.446 e. The monoisotopic (exact) mass is 280 g/mol. The number of hydrogen-bond acceptors (Lipinski definition) is 3. The van der Waals surface area contributed by atoms with Crippen LogP contribution in [0.2, 0.25) is 0 Å². The maximum Gasteiger partial charge on any atom is 0.407 e. The minimum atomic E-state index is -4.14. The Kier molecular flexibility index (Phi) is 4.54. The summed E-state index contributed by atoms with van der Waals surface area (Å²) in [4.78, 5) is 12.8. The lowest BCUT2D eigenvalue weighted by molar-refractivity contribution is -0.158. The Labute approximate surface area is 110 Å². The third-order valence-electron chi connectivity index (χ3n) is 3.55. The highest BCUT2D eigenvalue weighted by atomic mass is 19.4. The smallest absolute Gasteiger partial charge is 0.407 e. The molecule has 0 radical (unpaired) electrons. The second kappa shape index (κ2) is 5.98. The Balaban J connectivity index is 1.54. The van der Waals surface area contributed by atoms with Gasteiger partial charge in [-0.3, -0.25) is 4.90 Å². The van der Waals surface area contributed by atoms with E-state index in [0.29, 0.717) is 19.6 Å². The molecule has 0 atom stereocenters. The van der Waals surface area contributed by atoms with Crippen molar-refractivity contribution < 1.29 is 22.7 Å². The van der Waals surface area contributed by atoms with Crippen LogP contribution in [0, 0.1) is 5.92 Å². The Morgan fingerprint density at radius 1 is 1.26 bits per heavy atom. The summed E-state index contributed by atoms with van der Waals surface area (Å²) in [5, 5.41) is 2.63. The van der Waals surface area contributed by atoms with Crippen molar-refractivity contribution in [2.24, 2.45) is 5.92 Å². The second-order valence-electron chi connectivity index (χ2n) is 5.37. The number of hydrogen-bond donors (Lipinski definition) is 1. The molecule has 1 N–H and O–H groups in total. The third-order valence-corrected chi connectivity index (χ3v) is 3.55. The summed E-state index contributed by atoms with van der Waals surface area (Å²) < 4.78 is 41.4. The van der Waals surface area contributed by atoms with Crippen LogP contribution in [0.5, 0.6) is 0 Å². The van der Waals surface area contributed by atoms with Crippen LogP contribution in [0.4, 0.5) is 18.0 Å². The van der Waals surface area contributed by atoms with Crippen LogP contribution in [-0.4, -0.2) is 49.5 Å². The molecule has 2 aliphatic rings. The van der Waals surface area contributed by atoms with E-state index in [1.807, 2.05) is 0 Å². The molecule has 7 heteroatoms. The first kappa shape index (κ1) is 14.4. The van der Waals surface area contributed by atoms with Crippen molar-refractivity contribution in [1.29, 1.82) is 0 Å². The fraction of sp³-hybridized carbons (Fsp3) is 0.917. The number of nitrogens with zero attached hydrogens (tertiary/aromatic N) is 1. The predicted molar refractivity (Wildman–Crippen MR) is 62.7 cm³/mol. The Morgan fingerprint density at radius 2 is 1.89 bits per heavy atom. The molecule has 0 bridgehead atoms. The molecule has 0 spiro atoms. The first-order valence-corrected chi connectivity index (χ1v) is 6.66. The van der Waals surface area contributed by atoms with Gasteiger partial charge in [-0.2, -0.15) is 13.2 Å². The van der Waals surface area contributed by atoms with Gasteiger partial charge >= 0.3 is 12.3 Å². The predicted octanol–water partition coefficient (Wildman–Crippen LogP) is 2.15. The molecule has 1 heterocycles. The highest BCUT2D eigenvalue weighted by Gasteiger charge is 2.37. The highest BCUT2D eigenvalue weighted by Crippen LogP contribution is 2.23. The number of ether oxygens (including phenoxy) is 1. The van der Waals surface area contributed by atoms with Gasteiger partial charge in [0.25, 0.3) is 0 Å². The molecule has 19 heavy (non-hydrogen) atoms. The fourth-order valence-electron chi connectivity index (χ4n) is 2.62. The summed E-state index contributed by atoms with van der Waals surface area (Å²) in [6, 6.07) is 0. The summed E-state index contributed by atoms with van der Waals surface area (Å²) in [7, 11) is 0. The maximum atomic E-state index is 12.1. The number of carbonyl (C=O) groups is 1. The van der Waals surface area contributed by atoms with Crippen LogP contribution in [0.15, 0.2) is 0 Å². The molecule has 110 valence electrons. The number of alkyl carbamates (subject to hydrolysis) is 1. The van der Waals surface area contributed by atoms with Crippen molar-refractivity contribution >= 4 is 6.09 Å². The topological polar surface area (TPSA) is 41.6 Å². The van der Waals surface area contributed by atoms with Crippen molar-refractivity contribution in [2.45, 2.75) is 38.0 Å². The molecule has 1 amide bonds. The van der Waals surface area contributed by atoms with Gasteiger partial charge in [0.15, 0.2) is 0 Å². The average Bonchev–Trinajstić information content (AvgIpc) is 2.72. The van der Waals surface area contributed by atoms with E-state index in [-0.39, 0.29) is 12.0 Å². The molecule has 4 nitrogen and oxygen atoms in total. The van der Waals surface area contributed by atoms with Crippen LogP contribution < -0.4 is 5.32 Å². The zero-order chi connectivity index (χ0) is 13.9. The lowest BCUT2D eigenvalue weighted by atomic mass is 10.0. The van der Waals surface area contributed by atoms with Crippen molar-refractivity contribution in [3.63, 3.8) is 0 Å². The molecule has 2 fully saturated rings. The van der Waals surface area contributed by atoms with Crippen molar-refractivity contribution in [2.75, 3.05) is 26.2 Å². The van der Waals surface area contributed by atoms with Crippen LogP contribution in [0.25, 0.3) is 0 Å². The fourth-order valence-corrected chi connectivity index (χ4v) is 2.62. The molecular formula is C12H19F3N2O2. The number of amides is 1. The summed E-state index contributed by atoms with van der Waals surface area (Å²) in [5.41, 5.74) is 0. The lowest BCUT2D eigenvalue weighted by Gasteiger charge is -2.39. The van der Waals surface area contributed by atoms with Gasteiger partial charge in [-0.05, 0) is 25.7 Å². The van der Waals surface area contributed by atoms with E-state index < -0.39 is 18.8 Å². The van der Waals surface area contributed by atoms with Gasteiger partial charge in [-0.25, -0.2) is 4.79 Å². The van der Waals surface area contributed by atoms with E-state index >= 15 is 0 Å². The zero-order valence-corrected chi connectivity index (χ0v) is 10.7. The first-order valence-electron chi connectivity index (χ1n) is 6.66. The number of halogens is 3. The van der Waals surface area contributed by atoms with Crippen LogP contribution in [0.3, 0.4) is 0 Å². The molecule has 0 aromatic rings. The van der Waals surface area contributed by atoms with Crippen LogP contribution in [-0.2, 0) is 4.74 Å². The van der Waals surface area contributed by atoms with E-state index in [2.05, 4.69) is 5.32 Å². The molecule has 1 aliphatic heterocycles. The molecule has 0 aromatic carbocycles. The van der Waals surface area contributed by atoms with Crippen LogP contribution >= 0.6 is 0 Å². The molecule has 1 saturated carbocycles. The standard InChI is InChI=1S/C12H19F3N2O2/c13-12(14,15)8-17-6-9(7-17)5-16-11(18)19-10-3-1-2-4-10/h9-10H,1-8H2,(H,16,18). The first-order chi connectivity index (χ1) is 8.92. The number of alkyl halides is 3. The van der Waals surface area contributed by atoms with Gasteiger partial charge in [-0.15, -0.1) is 0 Å². The third kappa shape index (κ3) is 4.89. The second-order valence-corrected chi connectivity index (χ2v) is 5.37. The summed E-state index contributed by atoms with van der Waals surface area (Å²) in [6.07, 6.45) is -0.559. The maximum absolute atomic E-state index is 12.1. The van der Waals surface area contributed by atoms with Crippen LogP contribution in [0.1, 0.15) is 25.7 Å². The van der Waals surface area contributed by atoms with E-state index in [1.54, 1.807) is 0 Å². The molecule has 2 rings (SSSR count). The zero-order valence-electron chi connectivity index (χ0n) is 10.7.